The number of fused-ring (bicyclic) bond motifs is 1. The zero-order valence-corrected chi connectivity index (χ0v) is 12.5. The van der Waals surface area contributed by atoms with E-state index in [2.05, 4.69) is 21.8 Å². The first kappa shape index (κ1) is 14.4. The van der Waals surface area contributed by atoms with Gasteiger partial charge in [-0.3, -0.25) is 4.68 Å². The number of ether oxygens (including phenoxy) is 1. The number of nitrogens with one attached hydrogen (secondary N) is 2. The second-order valence-corrected chi connectivity index (χ2v) is 5.54. The molecule has 0 saturated heterocycles. The number of nitrogens with zero attached hydrogens (tertiary/aromatic N) is 2. The van der Waals surface area contributed by atoms with E-state index >= 15 is 0 Å². The SMILES string of the molecule is C[C@@H](Cn1cccn1)NC(=O)NC[C@H]1Cc2ccccc2O1. The lowest BCUT2D eigenvalue weighted by Gasteiger charge is -2.16. The summed E-state index contributed by atoms with van der Waals surface area (Å²) in [5, 5.41) is 9.88. The van der Waals surface area contributed by atoms with Crippen LogP contribution >= 0.6 is 0 Å². The van der Waals surface area contributed by atoms with Gasteiger partial charge in [0, 0.05) is 24.9 Å². The number of benzene rings is 1. The van der Waals surface area contributed by atoms with Crippen molar-refractivity contribution >= 4 is 6.03 Å². The normalized spacial score (nSPS) is 17.4. The maximum atomic E-state index is 11.9. The summed E-state index contributed by atoms with van der Waals surface area (Å²) in [6.45, 7) is 3.09. The van der Waals surface area contributed by atoms with Crippen LogP contribution in [-0.4, -0.2) is 34.5 Å². The molecule has 2 heterocycles. The maximum Gasteiger partial charge on any atom is 0.315 e. The molecule has 1 aromatic carbocycles. The number of hydrogen-bond donors (Lipinski definition) is 2. The molecule has 2 aromatic rings. The highest BCUT2D eigenvalue weighted by Crippen LogP contribution is 2.27. The highest BCUT2D eigenvalue weighted by Gasteiger charge is 2.22. The number of amides is 2. The van der Waals surface area contributed by atoms with Crippen molar-refractivity contribution in [3.63, 3.8) is 0 Å². The van der Waals surface area contributed by atoms with Crippen molar-refractivity contribution in [1.29, 1.82) is 0 Å². The number of carbonyl (C=O) groups is 1. The fourth-order valence-electron chi connectivity index (χ4n) is 2.58. The fourth-order valence-corrected chi connectivity index (χ4v) is 2.58. The Kier molecular flexibility index (Phi) is 4.27. The van der Waals surface area contributed by atoms with E-state index in [9.17, 15) is 4.79 Å². The molecule has 6 heteroatoms. The predicted molar refractivity (Wildman–Crippen MR) is 82.8 cm³/mol. The predicted octanol–water partition coefficient (Wildman–Crippen LogP) is 1.57. The number of carbonyl (C=O) groups excluding carboxylic acids is 1. The van der Waals surface area contributed by atoms with E-state index in [4.69, 9.17) is 4.74 Å². The molecule has 0 fully saturated rings. The topological polar surface area (TPSA) is 68.2 Å². The quantitative estimate of drug-likeness (QED) is 0.881. The lowest BCUT2D eigenvalue weighted by Crippen LogP contribution is -2.45. The van der Waals surface area contributed by atoms with Crippen LogP contribution in [0.4, 0.5) is 4.79 Å². The highest BCUT2D eigenvalue weighted by molar-refractivity contribution is 5.74. The third-order valence-corrected chi connectivity index (χ3v) is 3.60. The Morgan fingerprint density at radius 1 is 1.45 bits per heavy atom. The average Bonchev–Trinajstić information content (AvgIpc) is 3.13. The Labute approximate surface area is 129 Å². The van der Waals surface area contributed by atoms with E-state index in [-0.39, 0.29) is 18.2 Å². The molecule has 116 valence electrons. The van der Waals surface area contributed by atoms with Gasteiger partial charge in [-0.25, -0.2) is 4.79 Å². The van der Waals surface area contributed by atoms with Crippen molar-refractivity contribution in [3.8, 4) is 5.75 Å². The molecular formula is C16H20N4O2. The second kappa shape index (κ2) is 6.51. The largest absolute Gasteiger partial charge is 0.488 e. The van der Waals surface area contributed by atoms with E-state index in [1.54, 1.807) is 10.9 Å². The minimum atomic E-state index is -0.181. The maximum absolute atomic E-state index is 11.9. The van der Waals surface area contributed by atoms with Gasteiger partial charge in [0.05, 0.1) is 13.1 Å². The number of para-hydroxylation sites is 1. The van der Waals surface area contributed by atoms with Crippen LogP contribution in [0, 0.1) is 0 Å². The molecule has 0 saturated carbocycles. The summed E-state index contributed by atoms with van der Waals surface area (Å²) < 4.78 is 7.58. The molecule has 0 bridgehead atoms. The zero-order valence-electron chi connectivity index (χ0n) is 12.5. The summed E-state index contributed by atoms with van der Waals surface area (Å²) in [6.07, 6.45) is 4.44. The van der Waals surface area contributed by atoms with Crippen molar-refractivity contribution in [2.24, 2.45) is 0 Å². The summed E-state index contributed by atoms with van der Waals surface area (Å²) in [6, 6.07) is 9.66. The minimum Gasteiger partial charge on any atom is -0.488 e. The van der Waals surface area contributed by atoms with Gasteiger partial charge < -0.3 is 15.4 Å². The van der Waals surface area contributed by atoms with Gasteiger partial charge in [-0.2, -0.15) is 5.10 Å². The first-order valence-electron chi connectivity index (χ1n) is 7.47. The Bertz CT molecular complexity index is 602. The lowest BCUT2D eigenvalue weighted by molar-refractivity contribution is 0.211. The molecule has 1 aliphatic rings. The van der Waals surface area contributed by atoms with Crippen molar-refractivity contribution in [2.45, 2.75) is 32.0 Å². The molecule has 1 aliphatic heterocycles. The van der Waals surface area contributed by atoms with Crippen molar-refractivity contribution < 1.29 is 9.53 Å². The molecule has 0 spiro atoms. The van der Waals surface area contributed by atoms with E-state index in [0.717, 1.165) is 12.2 Å². The van der Waals surface area contributed by atoms with Gasteiger partial charge in [0.1, 0.15) is 11.9 Å². The lowest BCUT2D eigenvalue weighted by atomic mass is 10.1. The van der Waals surface area contributed by atoms with E-state index < -0.39 is 0 Å². The van der Waals surface area contributed by atoms with Crippen molar-refractivity contribution in [3.05, 3.63) is 48.3 Å². The molecule has 22 heavy (non-hydrogen) atoms. The molecule has 2 amide bonds. The highest BCUT2D eigenvalue weighted by atomic mass is 16.5. The van der Waals surface area contributed by atoms with Gasteiger partial charge in [0.2, 0.25) is 0 Å². The van der Waals surface area contributed by atoms with Crippen LogP contribution in [0.3, 0.4) is 0 Å². The van der Waals surface area contributed by atoms with Crippen LogP contribution in [0.1, 0.15) is 12.5 Å². The summed E-state index contributed by atoms with van der Waals surface area (Å²) in [7, 11) is 0. The van der Waals surface area contributed by atoms with Gasteiger partial charge in [-0.15, -0.1) is 0 Å². The van der Waals surface area contributed by atoms with Crippen LogP contribution in [0.2, 0.25) is 0 Å². The van der Waals surface area contributed by atoms with Gasteiger partial charge >= 0.3 is 6.03 Å². The third kappa shape index (κ3) is 3.58. The summed E-state index contributed by atoms with van der Waals surface area (Å²) in [5.74, 6) is 0.918. The second-order valence-electron chi connectivity index (χ2n) is 5.54. The van der Waals surface area contributed by atoms with Gasteiger partial charge in [0.25, 0.3) is 0 Å². The molecule has 2 atom stereocenters. The Balaban J connectivity index is 1.40. The first-order chi connectivity index (χ1) is 10.7. The summed E-state index contributed by atoms with van der Waals surface area (Å²) in [5.41, 5.74) is 1.20. The van der Waals surface area contributed by atoms with Crippen LogP contribution in [0.25, 0.3) is 0 Å². The van der Waals surface area contributed by atoms with Gasteiger partial charge in [-0.1, -0.05) is 18.2 Å². The molecule has 6 nitrogen and oxygen atoms in total. The first-order valence-corrected chi connectivity index (χ1v) is 7.47. The molecule has 3 rings (SSSR count). The smallest absolute Gasteiger partial charge is 0.315 e. The van der Waals surface area contributed by atoms with Crippen LogP contribution in [0.5, 0.6) is 5.75 Å². The number of aromatic nitrogens is 2. The van der Waals surface area contributed by atoms with Crippen molar-refractivity contribution in [1.82, 2.24) is 20.4 Å². The van der Waals surface area contributed by atoms with Gasteiger partial charge in [-0.05, 0) is 24.6 Å². The zero-order chi connectivity index (χ0) is 15.4. The molecule has 2 N–H and O–H groups in total. The summed E-state index contributed by atoms with van der Waals surface area (Å²) >= 11 is 0. The minimum absolute atomic E-state index is 0.00148. The molecular weight excluding hydrogens is 280 g/mol. The van der Waals surface area contributed by atoms with E-state index in [0.29, 0.717) is 13.1 Å². The number of rotatable bonds is 5. The third-order valence-electron chi connectivity index (χ3n) is 3.60. The molecule has 0 unspecified atom stereocenters. The molecule has 1 aromatic heterocycles. The van der Waals surface area contributed by atoms with Crippen LogP contribution in [-0.2, 0) is 13.0 Å². The standard InChI is InChI=1S/C16H20N4O2/c1-12(11-20-8-4-7-18-20)19-16(21)17-10-14-9-13-5-2-3-6-15(13)22-14/h2-8,12,14H,9-11H2,1H3,(H2,17,19,21)/t12-,14+/m0/s1. The number of hydrogen-bond acceptors (Lipinski definition) is 3. The monoisotopic (exact) mass is 300 g/mol. The molecule has 0 radical (unpaired) electrons. The number of urea groups is 1. The Hall–Kier alpha value is -2.50. The van der Waals surface area contributed by atoms with Crippen molar-refractivity contribution in [2.75, 3.05) is 6.54 Å². The van der Waals surface area contributed by atoms with Crippen LogP contribution in [0.15, 0.2) is 42.7 Å². The van der Waals surface area contributed by atoms with E-state index in [1.807, 2.05) is 37.4 Å². The fraction of sp³-hybridized carbons (Fsp3) is 0.375. The van der Waals surface area contributed by atoms with Gasteiger partial charge in [0.15, 0.2) is 0 Å². The van der Waals surface area contributed by atoms with E-state index in [1.165, 1.54) is 5.56 Å². The van der Waals surface area contributed by atoms with Crippen LogP contribution < -0.4 is 15.4 Å². The summed E-state index contributed by atoms with van der Waals surface area (Å²) in [4.78, 5) is 11.9. The molecule has 0 aliphatic carbocycles. The average molecular weight is 300 g/mol. The Morgan fingerprint density at radius 3 is 3.09 bits per heavy atom. The Morgan fingerprint density at radius 2 is 2.32 bits per heavy atom.